The SMILES string of the molecule is CCCCCCCCCCCC[n+]1ccn(CCCCCCCCC)c1CCCC. The van der Waals surface area contributed by atoms with Gasteiger partial charge in [-0.1, -0.05) is 111 Å². The van der Waals surface area contributed by atoms with Crippen LogP contribution < -0.4 is 4.57 Å². The summed E-state index contributed by atoms with van der Waals surface area (Å²) in [5, 5.41) is 0. The Morgan fingerprint density at radius 2 is 1.03 bits per heavy atom. The zero-order valence-electron chi connectivity index (χ0n) is 21.1. The van der Waals surface area contributed by atoms with Crippen molar-refractivity contribution in [1.82, 2.24) is 4.57 Å². The second-order valence-electron chi connectivity index (χ2n) is 9.51. The van der Waals surface area contributed by atoms with Gasteiger partial charge in [0, 0.05) is 6.42 Å². The van der Waals surface area contributed by atoms with E-state index in [9.17, 15) is 0 Å². The van der Waals surface area contributed by atoms with E-state index < -0.39 is 0 Å². The molecule has 1 heterocycles. The molecule has 0 amide bonds. The van der Waals surface area contributed by atoms with E-state index in [1.54, 1.807) is 5.82 Å². The summed E-state index contributed by atoms with van der Waals surface area (Å²) in [6.07, 6.45) is 32.6. The van der Waals surface area contributed by atoms with Crippen molar-refractivity contribution in [3.63, 3.8) is 0 Å². The Morgan fingerprint density at radius 1 is 0.567 bits per heavy atom. The number of aryl methyl sites for hydroxylation is 2. The van der Waals surface area contributed by atoms with Crippen molar-refractivity contribution in [3.8, 4) is 0 Å². The van der Waals surface area contributed by atoms with Crippen molar-refractivity contribution in [2.24, 2.45) is 0 Å². The van der Waals surface area contributed by atoms with Gasteiger partial charge < -0.3 is 0 Å². The summed E-state index contributed by atoms with van der Waals surface area (Å²) in [4.78, 5) is 0. The summed E-state index contributed by atoms with van der Waals surface area (Å²) < 4.78 is 5.14. The maximum Gasteiger partial charge on any atom is 0.256 e. The van der Waals surface area contributed by atoms with Gasteiger partial charge in [-0.15, -0.1) is 0 Å². The number of nitrogens with zero attached hydrogens (tertiary/aromatic N) is 2. The fourth-order valence-electron chi connectivity index (χ4n) is 4.54. The Kier molecular flexibility index (Phi) is 18.3. The number of rotatable bonds is 22. The molecule has 0 fully saturated rings. The van der Waals surface area contributed by atoms with E-state index in [4.69, 9.17) is 0 Å². The number of unbranched alkanes of at least 4 members (excludes halogenated alkanes) is 16. The number of hydrogen-bond donors (Lipinski definition) is 0. The van der Waals surface area contributed by atoms with E-state index in [-0.39, 0.29) is 0 Å². The van der Waals surface area contributed by atoms with Crippen LogP contribution in [0.2, 0.25) is 0 Å². The highest BCUT2D eigenvalue weighted by atomic mass is 15.1. The first-order valence-corrected chi connectivity index (χ1v) is 13.9. The molecule has 0 saturated carbocycles. The molecule has 1 rings (SSSR count). The topological polar surface area (TPSA) is 8.81 Å². The van der Waals surface area contributed by atoms with Crippen LogP contribution in [0.25, 0.3) is 0 Å². The van der Waals surface area contributed by atoms with Crippen LogP contribution in [0.4, 0.5) is 0 Å². The Morgan fingerprint density at radius 3 is 1.57 bits per heavy atom. The maximum absolute atomic E-state index is 2.57. The van der Waals surface area contributed by atoms with Gasteiger partial charge in [-0.3, -0.25) is 0 Å². The molecular weight excluding hydrogens is 364 g/mol. The van der Waals surface area contributed by atoms with Crippen molar-refractivity contribution >= 4 is 0 Å². The Hall–Kier alpha value is -0.790. The molecule has 1 aromatic rings. The molecule has 2 heteroatoms. The van der Waals surface area contributed by atoms with Crippen LogP contribution in [0.15, 0.2) is 12.4 Å². The monoisotopic (exact) mass is 419 g/mol. The first kappa shape index (κ1) is 27.2. The average Bonchev–Trinajstić information content (AvgIpc) is 3.14. The normalized spacial score (nSPS) is 11.4. The zero-order chi connectivity index (χ0) is 21.7. The van der Waals surface area contributed by atoms with Crippen LogP contribution >= 0.6 is 0 Å². The predicted octanol–water partition coefficient (Wildman–Crippen LogP) is 8.79. The molecule has 0 saturated heterocycles. The third-order valence-corrected chi connectivity index (χ3v) is 6.60. The number of aromatic nitrogens is 2. The standard InChI is InChI=1S/C28H55N2/c1-4-7-10-12-14-15-16-18-20-22-25-30-27-26-29(28(30)23-9-6-3)24-21-19-17-13-11-8-5-2/h26-27H,4-25H2,1-3H3/q+1. The summed E-state index contributed by atoms with van der Waals surface area (Å²) in [5.41, 5.74) is 0. The second kappa shape index (κ2) is 20.1. The molecule has 1 aromatic heterocycles. The Bertz CT molecular complexity index is 477. The summed E-state index contributed by atoms with van der Waals surface area (Å²) in [5.74, 6) is 1.58. The molecule has 0 atom stereocenters. The highest BCUT2D eigenvalue weighted by Crippen LogP contribution is 2.12. The molecule has 0 aliphatic heterocycles. The lowest BCUT2D eigenvalue weighted by Crippen LogP contribution is -2.37. The first-order valence-electron chi connectivity index (χ1n) is 13.9. The van der Waals surface area contributed by atoms with Crippen molar-refractivity contribution < 1.29 is 4.57 Å². The lowest BCUT2D eigenvalue weighted by molar-refractivity contribution is -0.704. The van der Waals surface area contributed by atoms with Gasteiger partial charge in [0.25, 0.3) is 5.82 Å². The van der Waals surface area contributed by atoms with E-state index in [1.165, 1.54) is 142 Å². The average molecular weight is 420 g/mol. The van der Waals surface area contributed by atoms with Gasteiger partial charge >= 0.3 is 0 Å². The minimum absolute atomic E-state index is 1.22. The minimum atomic E-state index is 1.22. The van der Waals surface area contributed by atoms with Crippen molar-refractivity contribution in [1.29, 1.82) is 0 Å². The quantitative estimate of drug-likeness (QED) is 0.131. The summed E-state index contributed by atoms with van der Waals surface area (Å²) in [7, 11) is 0. The molecule has 0 unspecified atom stereocenters. The molecule has 0 bridgehead atoms. The van der Waals surface area contributed by atoms with Crippen LogP contribution in [0.3, 0.4) is 0 Å². The van der Waals surface area contributed by atoms with Gasteiger partial charge in [-0.05, 0) is 32.1 Å². The molecule has 0 aromatic carbocycles. The lowest BCUT2D eigenvalue weighted by Gasteiger charge is -2.06. The van der Waals surface area contributed by atoms with Gasteiger partial charge in [0.2, 0.25) is 0 Å². The third-order valence-electron chi connectivity index (χ3n) is 6.60. The fraction of sp³-hybridized carbons (Fsp3) is 0.893. The van der Waals surface area contributed by atoms with E-state index in [0.717, 1.165) is 0 Å². The lowest BCUT2D eigenvalue weighted by atomic mass is 10.1. The van der Waals surface area contributed by atoms with Crippen LogP contribution in [0.5, 0.6) is 0 Å². The molecule has 2 nitrogen and oxygen atoms in total. The van der Waals surface area contributed by atoms with Crippen LogP contribution in [-0.4, -0.2) is 4.57 Å². The number of imidazole rings is 1. The fourth-order valence-corrected chi connectivity index (χ4v) is 4.54. The Balaban J connectivity index is 2.23. The first-order chi connectivity index (χ1) is 14.8. The van der Waals surface area contributed by atoms with Crippen molar-refractivity contribution in [2.45, 2.75) is 162 Å². The van der Waals surface area contributed by atoms with E-state index >= 15 is 0 Å². The molecular formula is C28H55N2+. The van der Waals surface area contributed by atoms with Gasteiger partial charge in [0.1, 0.15) is 12.4 Å². The minimum Gasteiger partial charge on any atom is -0.234 e. The smallest absolute Gasteiger partial charge is 0.234 e. The highest BCUT2D eigenvalue weighted by Gasteiger charge is 2.16. The molecule has 0 aliphatic carbocycles. The van der Waals surface area contributed by atoms with E-state index in [0.29, 0.717) is 0 Å². The van der Waals surface area contributed by atoms with Crippen LogP contribution in [0, 0.1) is 0 Å². The predicted molar refractivity (Wildman–Crippen MR) is 133 cm³/mol. The summed E-state index contributed by atoms with van der Waals surface area (Å²) in [6.45, 7) is 9.36. The third kappa shape index (κ3) is 13.5. The van der Waals surface area contributed by atoms with Crippen molar-refractivity contribution in [3.05, 3.63) is 18.2 Å². The van der Waals surface area contributed by atoms with Gasteiger partial charge in [0.15, 0.2) is 0 Å². The van der Waals surface area contributed by atoms with Crippen LogP contribution in [-0.2, 0) is 19.5 Å². The second-order valence-corrected chi connectivity index (χ2v) is 9.51. The molecule has 0 spiro atoms. The summed E-state index contributed by atoms with van der Waals surface area (Å²) >= 11 is 0. The van der Waals surface area contributed by atoms with E-state index in [1.807, 2.05) is 0 Å². The summed E-state index contributed by atoms with van der Waals surface area (Å²) in [6, 6.07) is 0. The maximum atomic E-state index is 2.57. The Labute approximate surface area is 189 Å². The molecule has 30 heavy (non-hydrogen) atoms. The molecule has 176 valence electrons. The van der Waals surface area contributed by atoms with Gasteiger partial charge in [-0.25, -0.2) is 9.13 Å². The molecule has 0 N–H and O–H groups in total. The van der Waals surface area contributed by atoms with Gasteiger partial charge in [-0.2, -0.15) is 0 Å². The zero-order valence-corrected chi connectivity index (χ0v) is 21.1. The van der Waals surface area contributed by atoms with Crippen molar-refractivity contribution in [2.75, 3.05) is 0 Å². The highest BCUT2D eigenvalue weighted by molar-refractivity contribution is 4.84. The number of hydrogen-bond acceptors (Lipinski definition) is 0. The van der Waals surface area contributed by atoms with Gasteiger partial charge in [0.05, 0.1) is 13.1 Å². The van der Waals surface area contributed by atoms with E-state index in [2.05, 4.69) is 42.3 Å². The van der Waals surface area contributed by atoms with Crippen LogP contribution in [0.1, 0.15) is 149 Å². The molecule has 0 aliphatic rings. The largest absolute Gasteiger partial charge is 0.256 e. The molecule has 0 radical (unpaired) electrons.